The van der Waals surface area contributed by atoms with Crippen LogP contribution in [0.3, 0.4) is 0 Å². The summed E-state index contributed by atoms with van der Waals surface area (Å²) in [5.41, 5.74) is 4.78. The Kier molecular flexibility index (Phi) is 4.57. The van der Waals surface area contributed by atoms with E-state index >= 15 is 0 Å². The molecule has 0 amide bonds. The predicted octanol–water partition coefficient (Wildman–Crippen LogP) is 3.97. The van der Waals surface area contributed by atoms with Crippen molar-refractivity contribution in [3.8, 4) is 22.9 Å². The van der Waals surface area contributed by atoms with Crippen molar-refractivity contribution < 1.29 is 13.9 Å². The maximum atomic E-state index is 13.9. The van der Waals surface area contributed by atoms with Crippen LogP contribution in [0.25, 0.3) is 11.1 Å². The molecule has 1 unspecified atom stereocenters. The Balaban J connectivity index is 1.90. The normalized spacial score (nSPS) is 16.0. The maximum absolute atomic E-state index is 13.9. The summed E-state index contributed by atoms with van der Waals surface area (Å²) in [4.78, 5) is 4.43. The smallest absolute Gasteiger partial charge is 0.146 e. The van der Waals surface area contributed by atoms with Crippen LogP contribution in [0.1, 0.15) is 41.2 Å². The largest absolute Gasteiger partial charge is 0.484 e. The zero-order valence-electron chi connectivity index (χ0n) is 15.9. The second-order valence-corrected chi connectivity index (χ2v) is 6.81. The highest BCUT2D eigenvalue weighted by Crippen LogP contribution is 2.34. The first kappa shape index (κ1) is 18.1. The monoisotopic (exact) mass is 378 g/mol. The lowest BCUT2D eigenvalue weighted by Crippen LogP contribution is -2.10. The third kappa shape index (κ3) is 3.12. The van der Waals surface area contributed by atoms with Crippen LogP contribution in [0.4, 0.5) is 4.39 Å². The van der Waals surface area contributed by atoms with Gasteiger partial charge in [-0.15, -0.1) is 0 Å². The molecule has 0 aliphatic carbocycles. The van der Waals surface area contributed by atoms with Gasteiger partial charge in [-0.05, 0) is 37.6 Å². The topological polar surface area (TPSA) is 73.0 Å². The number of rotatable bonds is 0. The maximum Gasteiger partial charge on any atom is 0.146 e. The second kappa shape index (κ2) is 7.06. The van der Waals surface area contributed by atoms with Crippen LogP contribution in [0, 0.1) is 24.1 Å². The van der Waals surface area contributed by atoms with Gasteiger partial charge in [0, 0.05) is 29.9 Å². The standard InChI is InChI=1S/C21H19FN4O2/c1-12-20-6-15(9-24-12)21-18(25-26(3)19(21)8-23)11-27-10-14-4-5-16(22)7-17(14)13(2)28-20/h4-7,9,13H,10-11H2,1-3H3. The Hall–Kier alpha value is -3.24. The van der Waals surface area contributed by atoms with Crippen molar-refractivity contribution in [1.82, 2.24) is 14.8 Å². The number of fused-ring (bicyclic) bond motifs is 5. The number of benzene rings is 1. The minimum Gasteiger partial charge on any atom is -0.484 e. The summed E-state index contributed by atoms with van der Waals surface area (Å²) in [6.07, 6.45) is 1.31. The van der Waals surface area contributed by atoms with Gasteiger partial charge in [0.15, 0.2) is 0 Å². The van der Waals surface area contributed by atoms with Gasteiger partial charge in [0.1, 0.15) is 29.4 Å². The van der Waals surface area contributed by atoms with Crippen LogP contribution in [-0.2, 0) is 25.0 Å². The van der Waals surface area contributed by atoms with Crippen molar-refractivity contribution in [2.45, 2.75) is 33.2 Å². The first-order valence-corrected chi connectivity index (χ1v) is 8.93. The SMILES string of the molecule is Cc1ncc2cc1OC(C)c1cc(F)ccc1COCc1nn(C)c(C#N)c1-2. The quantitative estimate of drug-likeness (QED) is 0.592. The van der Waals surface area contributed by atoms with Crippen molar-refractivity contribution >= 4 is 0 Å². The lowest BCUT2D eigenvalue weighted by Gasteiger charge is -2.21. The number of halogens is 1. The number of pyridine rings is 1. The summed E-state index contributed by atoms with van der Waals surface area (Å²) < 4.78 is 27.4. The summed E-state index contributed by atoms with van der Waals surface area (Å²) >= 11 is 0. The molecule has 0 radical (unpaired) electrons. The number of aromatic nitrogens is 3. The van der Waals surface area contributed by atoms with Gasteiger partial charge < -0.3 is 9.47 Å². The van der Waals surface area contributed by atoms with E-state index in [0.717, 1.165) is 16.7 Å². The van der Waals surface area contributed by atoms with Gasteiger partial charge in [-0.3, -0.25) is 9.67 Å². The molecule has 0 fully saturated rings. The Morgan fingerprint density at radius 3 is 2.89 bits per heavy atom. The lowest BCUT2D eigenvalue weighted by atomic mass is 10.0. The predicted molar refractivity (Wildman–Crippen MR) is 99.8 cm³/mol. The average molecular weight is 378 g/mol. The van der Waals surface area contributed by atoms with Crippen molar-refractivity contribution in [3.05, 3.63) is 64.5 Å². The van der Waals surface area contributed by atoms with Crippen LogP contribution >= 0.6 is 0 Å². The lowest BCUT2D eigenvalue weighted by molar-refractivity contribution is 0.102. The Bertz CT molecular complexity index is 1100. The Morgan fingerprint density at radius 2 is 2.11 bits per heavy atom. The number of aryl methyl sites for hydroxylation is 2. The van der Waals surface area contributed by atoms with E-state index in [1.807, 2.05) is 19.9 Å². The van der Waals surface area contributed by atoms with Gasteiger partial charge in [-0.25, -0.2) is 4.39 Å². The molecule has 1 aromatic carbocycles. The van der Waals surface area contributed by atoms with Crippen molar-refractivity contribution in [2.75, 3.05) is 0 Å². The van der Waals surface area contributed by atoms with Gasteiger partial charge in [0.25, 0.3) is 0 Å². The molecule has 0 saturated carbocycles. The molecule has 0 N–H and O–H groups in total. The van der Waals surface area contributed by atoms with Crippen LogP contribution in [0.15, 0.2) is 30.5 Å². The van der Waals surface area contributed by atoms with Gasteiger partial charge in [0.05, 0.1) is 24.6 Å². The molecule has 1 aliphatic rings. The molecule has 3 heterocycles. The molecular formula is C21H19FN4O2. The van der Waals surface area contributed by atoms with Gasteiger partial charge in [-0.2, -0.15) is 10.4 Å². The van der Waals surface area contributed by atoms with E-state index in [0.29, 0.717) is 28.4 Å². The number of ether oxygens (including phenoxy) is 2. The molecule has 142 valence electrons. The van der Waals surface area contributed by atoms with E-state index in [2.05, 4.69) is 16.2 Å². The van der Waals surface area contributed by atoms with Crippen molar-refractivity contribution in [2.24, 2.45) is 7.05 Å². The molecular weight excluding hydrogens is 359 g/mol. The van der Waals surface area contributed by atoms with E-state index in [1.54, 1.807) is 24.0 Å². The Morgan fingerprint density at radius 1 is 1.29 bits per heavy atom. The summed E-state index contributed by atoms with van der Waals surface area (Å²) in [6.45, 7) is 4.22. The molecule has 2 aromatic heterocycles. The summed E-state index contributed by atoms with van der Waals surface area (Å²) in [6, 6.07) is 8.64. The molecule has 6 nitrogen and oxygen atoms in total. The first-order valence-electron chi connectivity index (χ1n) is 8.93. The average Bonchev–Trinajstić information content (AvgIpc) is 2.99. The number of hydrogen-bond donors (Lipinski definition) is 0. The van der Waals surface area contributed by atoms with Crippen molar-refractivity contribution in [1.29, 1.82) is 5.26 Å². The highest BCUT2D eigenvalue weighted by atomic mass is 19.1. The first-order chi connectivity index (χ1) is 13.5. The van der Waals surface area contributed by atoms with E-state index < -0.39 is 6.10 Å². The zero-order valence-corrected chi connectivity index (χ0v) is 15.9. The summed E-state index contributed by atoms with van der Waals surface area (Å²) in [7, 11) is 1.73. The van der Waals surface area contributed by atoms with E-state index in [-0.39, 0.29) is 19.0 Å². The molecule has 1 atom stereocenters. The van der Waals surface area contributed by atoms with Crippen LogP contribution in [0.2, 0.25) is 0 Å². The molecule has 28 heavy (non-hydrogen) atoms. The minimum atomic E-state index is -0.395. The fraction of sp³-hybridized carbons (Fsp3) is 0.286. The van der Waals surface area contributed by atoms with Gasteiger partial charge in [-0.1, -0.05) is 6.07 Å². The summed E-state index contributed by atoms with van der Waals surface area (Å²) in [5.74, 6) is 0.260. The fourth-order valence-electron chi connectivity index (χ4n) is 3.47. The summed E-state index contributed by atoms with van der Waals surface area (Å²) in [5, 5.41) is 14.0. The van der Waals surface area contributed by atoms with Crippen LogP contribution in [0.5, 0.6) is 5.75 Å². The molecule has 4 rings (SSSR count). The van der Waals surface area contributed by atoms with Crippen molar-refractivity contribution in [3.63, 3.8) is 0 Å². The van der Waals surface area contributed by atoms with Gasteiger partial charge >= 0.3 is 0 Å². The van der Waals surface area contributed by atoms with E-state index in [1.165, 1.54) is 12.1 Å². The number of hydrogen-bond acceptors (Lipinski definition) is 5. The zero-order chi connectivity index (χ0) is 19.8. The highest BCUT2D eigenvalue weighted by Gasteiger charge is 2.22. The Labute approximate surface area is 162 Å². The van der Waals surface area contributed by atoms with Gasteiger partial charge in [0.2, 0.25) is 0 Å². The van der Waals surface area contributed by atoms with Crippen LogP contribution in [-0.4, -0.2) is 14.8 Å². The molecule has 0 saturated heterocycles. The second-order valence-electron chi connectivity index (χ2n) is 6.81. The highest BCUT2D eigenvalue weighted by molar-refractivity contribution is 5.72. The fourth-order valence-corrected chi connectivity index (χ4v) is 3.47. The molecule has 1 aliphatic heterocycles. The molecule has 0 spiro atoms. The third-order valence-corrected chi connectivity index (χ3v) is 4.90. The third-order valence-electron chi connectivity index (χ3n) is 4.90. The molecule has 3 aromatic rings. The molecule has 7 heteroatoms. The van der Waals surface area contributed by atoms with E-state index in [4.69, 9.17) is 9.47 Å². The molecule has 2 bridgehead atoms. The minimum absolute atomic E-state index is 0.222. The number of nitrogens with zero attached hydrogens (tertiary/aromatic N) is 4. The van der Waals surface area contributed by atoms with E-state index in [9.17, 15) is 9.65 Å². The number of nitriles is 1. The van der Waals surface area contributed by atoms with Crippen LogP contribution < -0.4 is 4.74 Å².